The minimum Gasteiger partial charge on any atom is -0.315 e. The predicted molar refractivity (Wildman–Crippen MR) is 101 cm³/mol. The zero-order chi connectivity index (χ0) is 18.3. The number of carbonyl (C=O) groups excluding carboxylic acids is 2. The van der Waals surface area contributed by atoms with Gasteiger partial charge in [0.05, 0.1) is 12.6 Å². The highest BCUT2D eigenvalue weighted by atomic mass is 16.2. The fraction of sp³-hybridized carbons (Fsp3) is 0.619. The van der Waals surface area contributed by atoms with E-state index in [4.69, 9.17) is 0 Å². The molecule has 1 saturated carbocycles. The number of carbonyl (C=O) groups is 2. The van der Waals surface area contributed by atoms with Crippen LogP contribution in [0.25, 0.3) is 0 Å². The Hall–Kier alpha value is -1.88. The van der Waals surface area contributed by atoms with Crippen LogP contribution in [-0.2, 0) is 4.79 Å². The van der Waals surface area contributed by atoms with Gasteiger partial charge in [0.15, 0.2) is 6.67 Å². The summed E-state index contributed by atoms with van der Waals surface area (Å²) in [6.07, 6.45) is 7.73. The molecule has 0 aromatic heterocycles. The molecule has 140 valence electrons. The Balaban J connectivity index is 1.52. The molecule has 5 heteroatoms. The Kier molecular flexibility index (Phi) is 4.74. The van der Waals surface area contributed by atoms with Crippen LogP contribution in [0.4, 0.5) is 10.5 Å². The second-order valence-corrected chi connectivity index (χ2v) is 8.29. The average molecular weight is 356 g/mol. The number of fused-ring (bicyclic) bond motifs is 1. The van der Waals surface area contributed by atoms with Crippen molar-refractivity contribution in [2.45, 2.75) is 64.5 Å². The Bertz CT molecular complexity index is 685. The second kappa shape index (κ2) is 7.03. The number of quaternary nitrogens is 1. The largest absolute Gasteiger partial charge is 0.336 e. The van der Waals surface area contributed by atoms with Crippen LogP contribution in [0.15, 0.2) is 24.3 Å². The number of imide groups is 1. The lowest BCUT2D eigenvalue weighted by molar-refractivity contribution is -0.942. The highest BCUT2D eigenvalue weighted by Crippen LogP contribution is 2.29. The molecule has 3 aliphatic rings. The van der Waals surface area contributed by atoms with Gasteiger partial charge >= 0.3 is 6.03 Å². The van der Waals surface area contributed by atoms with Crippen molar-refractivity contribution >= 4 is 17.6 Å². The van der Waals surface area contributed by atoms with Crippen molar-refractivity contribution in [3.63, 3.8) is 0 Å². The predicted octanol–water partition coefficient (Wildman–Crippen LogP) is 2.35. The standard InChI is InChI=1S/C21H29N3O2/c1-15-9-11-18(12-10-15)24-16(2)20(25)23(21(24)26)14-22-13-5-7-17-6-3-4-8-19(17)22/h9-12,16-17,19H,3-8,13-14H2,1-2H3/p+1/t16-,17+,19-/m0/s1. The average Bonchev–Trinajstić information content (AvgIpc) is 2.86. The lowest BCUT2D eigenvalue weighted by Crippen LogP contribution is -3.19. The number of piperidine rings is 1. The summed E-state index contributed by atoms with van der Waals surface area (Å²) in [5, 5.41) is 0. The summed E-state index contributed by atoms with van der Waals surface area (Å²) in [4.78, 5) is 30.5. The van der Waals surface area contributed by atoms with Crippen LogP contribution in [0.2, 0.25) is 0 Å². The molecule has 1 aliphatic carbocycles. The van der Waals surface area contributed by atoms with Crippen molar-refractivity contribution in [1.82, 2.24) is 4.90 Å². The highest BCUT2D eigenvalue weighted by molar-refractivity contribution is 6.13. The summed E-state index contributed by atoms with van der Waals surface area (Å²) >= 11 is 0. The van der Waals surface area contributed by atoms with Crippen molar-refractivity contribution in [2.75, 3.05) is 18.1 Å². The number of rotatable bonds is 3. The molecule has 3 amide bonds. The Labute approximate surface area is 155 Å². The van der Waals surface area contributed by atoms with Gasteiger partial charge in [-0.15, -0.1) is 0 Å². The molecule has 1 aromatic carbocycles. The lowest BCUT2D eigenvalue weighted by Gasteiger charge is -2.41. The minimum absolute atomic E-state index is 0.0546. The molecule has 2 heterocycles. The molecule has 1 unspecified atom stereocenters. The zero-order valence-corrected chi connectivity index (χ0v) is 15.9. The van der Waals surface area contributed by atoms with Gasteiger partial charge in [0.2, 0.25) is 0 Å². The second-order valence-electron chi connectivity index (χ2n) is 8.29. The Morgan fingerprint density at radius 1 is 1.04 bits per heavy atom. The van der Waals surface area contributed by atoms with E-state index in [0.29, 0.717) is 12.7 Å². The van der Waals surface area contributed by atoms with Crippen LogP contribution in [0, 0.1) is 12.8 Å². The van der Waals surface area contributed by atoms with E-state index >= 15 is 0 Å². The van der Waals surface area contributed by atoms with Crippen LogP contribution in [0.3, 0.4) is 0 Å². The summed E-state index contributed by atoms with van der Waals surface area (Å²) < 4.78 is 0. The van der Waals surface area contributed by atoms with Crippen molar-refractivity contribution < 1.29 is 14.5 Å². The first kappa shape index (κ1) is 17.5. The summed E-state index contributed by atoms with van der Waals surface area (Å²) in [5.74, 6) is 0.729. The van der Waals surface area contributed by atoms with Crippen LogP contribution in [0.1, 0.15) is 51.0 Å². The Morgan fingerprint density at radius 3 is 2.50 bits per heavy atom. The molecule has 26 heavy (non-hydrogen) atoms. The van der Waals surface area contributed by atoms with Crippen molar-refractivity contribution in [3.05, 3.63) is 29.8 Å². The summed E-state index contributed by atoms with van der Waals surface area (Å²) in [5.41, 5.74) is 1.96. The van der Waals surface area contributed by atoms with Gasteiger partial charge in [0.1, 0.15) is 6.04 Å². The fourth-order valence-electron chi connectivity index (χ4n) is 5.18. The minimum atomic E-state index is -0.420. The molecular weight excluding hydrogens is 326 g/mol. The van der Waals surface area contributed by atoms with E-state index in [0.717, 1.165) is 23.7 Å². The maximum Gasteiger partial charge on any atom is 0.336 e. The number of hydrogen-bond donors (Lipinski definition) is 1. The monoisotopic (exact) mass is 356 g/mol. The number of hydrogen-bond acceptors (Lipinski definition) is 2. The SMILES string of the molecule is Cc1ccc(N2C(=O)N(C[NH+]3CCC[C@H]4CCCC[C@@H]43)C(=O)[C@@H]2C)cc1. The van der Waals surface area contributed by atoms with Crippen LogP contribution < -0.4 is 9.80 Å². The number of urea groups is 1. The molecule has 2 aliphatic heterocycles. The molecular formula is C21H30N3O2+. The number of nitrogens with one attached hydrogen (secondary N) is 1. The smallest absolute Gasteiger partial charge is 0.315 e. The van der Waals surface area contributed by atoms with E-state index in [2.05, 4.69) is 0 Å². The zero-order valence-electron chi connectivity index (χ0n) is 15.9. The van der Waals surface area contributed by atoms with Gasteiger partial charge in [-0.05, 0) is 58.1 Å². The lowest BCUT2D eigenvalue weighted by atomic mass is 9.78. The number of amides is 3. The van der Waals surface area contributed by atoms with Gasteiger partial charge in [-0.25, -0.2) is 9.69 Å². The third-order valence-electron chi connectivity index (χ3n) is 6.63. The first-order valence-electron chi connectivity index (χ1n) is 10.1. The maximum absolute atomic E-state index is 13.1. The molecule has 1 N–H and O–H groups in total. The van der Waals surface area contributed by atoms with Crippen molar-refractivity contribution in [2.24, 2.45) is 5.92 Å². The molecule has 3 fully saturated rings. The van der Waals surface area contributed by atoms with E-state index in [1.54, 1.807) is 4.90 Å². The first-order chi connectivity index (χ1) is 12.6. The number of nitrogens with zero attached hydrogens (tertiary/aromatic N) is 2. The maximum atomic E-state index is 13.1. The molecule has 0 spiro atoms. The van der Waals surface area contributed by atoms with Gasteiger partial charge in [-0.3, -0.25) is 9.69 Å². The molecule has 2 saturated heterocycles. The molecule has 0 bridgehead atoms. The molecule has 4 rings (SSSR count). The van der Waals surface area contributed by atoms with E-state index in [1.165, 1.54) is 48.3 Å². The normalized spacial score (nSPS) is 32.1. The van der Waals surface area contributed by atoms with Gasteiger partial charge in [-0.1, -0.05) is 24.1 Å². The Morgan fingerprint density at radius 2 is 1.73 bits per heavy atom. The summed E-state index contributed by atoms with van der Waals surface area (Å²) in [6.45, 7) is 5.48. The number of anilines is 1. The number of aryl methyl sites for hydroxylation is 1. The molecule has 5 nitrogen and oxygen atoms in total. The van der Waals surface area contributed by atoms with Gasteiger partial charge in [0, 0.05) is 11.6 Å². The van der Waals surface area contributed by atoms with Crippen molar-refractivity contribution in [1.29, 1.82) is 0 Å². The van der Waals surface area contributed by atoms with Gasteiger partial charge in [-0.2, -0.15) is 0 Å². The quantitative estimate of drug-likeness (QED) is 0.845. The van der Waals surface area contributed by atoms with Crippen molar-refractivity contribution in [3.8, 4) is 0 Å². The van der Waals surface area contributed by atoms with Crippen LogP contribution in [0.5, 0.6) is 0 Å². The van der Waals surface area contributed by atoms with E-state index in [9.17, 15) is 9.59 Å². The topological polar surface area (TPSA) is 45.1 Å². The molecule has 0 radical (unpaired) electrons. The third-order valence-corrected chi connectivity index (χ3v) is 6.63. The van der Waals surface area contributed by atoms with Crippen LogP contribution >= 0.6 is 0 Å². The fourth-order valence-corrected chi connectivity index (χ4v) is 5.18. The third kappa shape index (κ3) is 3.02. The molecule has 1 aromatic rings. The van der Waals surface area contributed by atoms with Crippen LogP contribution in [-0.4, -0.2) is 42.1 Å². The van der Waals surface area contributed by atoms with E-state index in [1.807, 2.05) is 38.1 Å². The first-order valence-corrected chi connectivity index (χ1v) is 10.1. The molecule has 4 atom stereocenters. The number of likely N-dealkylation sites (tertiary alicyclic amines) is 1. The number of benzene rings is 1. The summed E-state index contributed by atoms with van der Waals surface area (Å²) in [6, 6.07) is 7.91. The van der Waals surface area contributed by atoms with Gasteiger partial charge in [0.25, 0.3) is 5.91 Å². The van der Waals surface area contributed by atoms with E-state index < -0.39 is 6.04 Å². The van der Waals surface area contributed by atoms with Gasteiger partial charge < -0.3 is 4.90 Å². The summed E-state index contributed by atoms with van der Waals surface area (Å²) in [7, 11) is 0. The van der Waals surface area contributed by atoms with E-state index in [-0.39, 0.29) is 11.9 Å². The highest BCUT2D eigenvalue weighted by Gasteiger charge is 2.47.